The van der Waals surface area contributed by atoms with E-state index in [1.165, 1.54) is 0 Å². The number of hydrogen-bond donors (Lipinski definition) is 3. The minimum atomic E-state index is -0.399. The molecule has 3 rings (SSSR count). The van der Waals surface area contributed by atoms with Gasteiger partial charge in [0.15, 0.2) is 0 Å². The summed E-state index contributed by atoms with van der Waals surface area (Å²) in [5, 5.41) is 8.20. The van der Waals surface area contributed by atoms with Crippen LogP contribution < -0.4 is 16.0 Å². The molecule has 1 aliphatic heterocycles. The summed E-state index contributed by atoms with van der Waals surface area (Å²) in [5.74, 6) is -0.311. The summed E-state index contributed by atoms with van der Waals surface area (Å²) in [6.07, 6.45) is 5.65. The number of urea groups is 1. The number of nitrogens with one attached hydrogen (secondary N) is 3. The molecule has 0 radical (unpaired) electrons. The number of para-hydroxylation sites is 1. The molecule has 1 saturated carbocycles. The average molecular weight is 372 g/mol. The molecule has 0 spiro atoms. The van der Waals surface area contributed by atoms with Crippen LogP contribution in [0.15, 0.2) is 30.3 Å². The first-order valence-electron chi connectivity index (χ1n) is 9.79. The number of carbonyl (C=O) groups excluding carboxylic acids is 3. The van der Waals surface area contributed by atoms with Gasteiger partial charge in [-0.2, -0.15) is 0 Å². The molecule has 0 unspecified atom stereocenters. The van der Waals surface area contributed by atoms with E-state index in [0.717, 1.165) is 31.4 Å². The molecule has 1 saturated heterocycles. The first kappa shape index (κ1) is 19.4. The lowest BCUT2D eigenvalue weighted by molar-refractivity contribution is -0.122. The maximum absolute atomic E-state index is 12.3. The molecule has 4 amide bonds. The Kier molecular flexibility index (Phi) is 6.81. The average Bonchev–Trinajstić information content (AvgIpc) is 3.15. The molecule has 2 fully saturated rings. The highest BCUT2D eigenvalue weighted by Gasteiger charge is 2.26. The lowest BCUT2D eigenvalue weighted by Gasteiger charge is -2.30. The molecule has 1 aliphatic carbocycles. The first-order valence-corrected chi connectivity index (χ1v) is 9.79. The lowest BCUT2D eigenvalue weighted by atomic mass is 9.96. The fourth-order valence-electron chi connectivity index (χ4n) is 3.78. The van der Waals surface area contributed by atoms with Gasteiger partial charge < -0.3 is 10.6 Å². The first-order chi connectivity index (χ1) is 13.1. The second kappa shape index (κ2) is 9.50. The Balaban J connectivity index is 1.35. The van der Waals surface area contributed by atoms with Crippen LogP contribution in [0.5, 0.6) is 0 Å². The summed E-state index contributed by atoms with van der Waals surface area (Å²) in [4.78, 5) is 38.2. The number of likely N-dealkylation sites (tertiary alicyclic amines) is 1. The summed E-state index contributed by atoms with van der Waals surface area (Å²) in [6.45, 7) is 1.53. The topological polar surface area (TPSA) is 90.5 Å². The molecule has 0 aromatic heterocycles. The van der Waals surface area contributed by atoms with E-state index in [1.807, 2.05) is 35.2 Å². The number of carbonyl (C=O) groups is 3. The number of amides is 4. The minimum absolute atomic E-state index is 0.0289. The highest BCUT2D eigenvalue weighted by molar-refractivity contribution is 5.95. The molecular formula is C20H28N4O3. The molecule has 7 nitrogen and oxygen atoms in total. The van der Waals surface area contributed by atoms with Gasteiger partial charge in [-0.15, -0.1) is 0 Å². The van der Waals surface area contributed by atoms with Gasteiger partial charge in [-0.1, -0.05) is 31.0 Å². The number of nitrogens with zero attached hydrogens (tertiary/aromatic N) is 1. The van der Waals surface area contributed by atoms with Crippen LogP contribution >= 0.6 is 0 Å². The summed E-state index contributed by atoms with van der Waals surface area (Å²) < 4.78 is 0. The second-order valence-electron chi connectivity index (χ2n) is 7.41. The lowest BCUT2D eigenvalue weighted by Crippen LogP contribution is -2.48. The van der Waals surface area contributed by atoms with Crippen LogP contribution in [0.25, 0.3) is 0 Å². The van der Waals surface area contributed by atoms with Crippen molar-refractivity contribution in [2.24, 2.45) is 5.92 Å². The highest BCUT2D eigenvalue weighted by atomic mass is 16.2. The van der Waals surface area contributed by atoms with Gasteiger partial charge in [-0.3, -0.25) is 19.8 Å². The van der Waals surface area contributed by atoms with Crippen molar-refractivity contribution in [2.75, 3.05) is 25.0 Å². The van der Waals surface area contributed by atoms with Gasteiger partial charge in [0.25, 0.3) is 0 Å². The largest absolute Gasteiger partial charge is 0.335 e. The van der Waals surface area contributed by atoms with Gasteiger partial charge in [0.05, 0.1) is 6.54 Å². The summed E-state index contributed by atoms with van der Waals surface area (Å²) in [7, 11) is 0. The van der Waals surface area contributed by atoms with Gasteiger partial charge in [0, 0.05) is 17.6 Å². The maximum Gasteiger partial charge on any atom is 0.321 e. The molecule has 146 valence electrons. The van der Waals surface area contributed by atoms with Crippen LogP contribution in [0.4, 0.5) is 10.5 Å². The normalized spacial score (nSPS) is 18.8. The van der Waals surface area contributed by atoms with Crippen molar-refractivity contribution >= 4 is 23.5 Å². The smallest absolute Gasteiger partial charge is 0.321 e. The predicted molar refractivity (Wildman–Crippen MR) is 103 cm³/mol. The summed E-state index contributed by atoms with van der Waals surface area (Å²) in [6, 6.07) is 9.22. The number of imide groups is 1. The Morgan fingerprint density at radius 2 is 1.63 bits per heavy atom. The SMILES string of the molecule is O=C(CN1CCC(C(=O)Nc2ccccc2)CC1)NC(=O)NC1CCCC1. The molecule has 0 bridgehead atoms. The Labute approximate surface area is 159 Å². The molecule has 1 heterocycles. The number of hydrogen-bond acceptors (Lipinski definition) is 4. The van der Waals surface area contributed by atoms with Gasteiger partial charge in [0.1, 0.15) is 0 Å². The van der Waals surface area contributed by atoms with E-state index < -0.39 is 6.03 Å². The van der Waals surface area contributed by atoms with Gasteiger partial charge in [0.2, 0.25) is 11.8 Å². The van der Waals surface area contributed by atoms with Crippen molar-refractivity contribution in [1.82, 2.24) is 15.5 Å². The monoisotopic (exact) mass is 372 g/mol. The van der Waals surface area contributed by atoms with Crippen LogP contribution in [-0.4, -0.2) is 48.4 Å². The van der Waals surface area contributed by atoms with Crippen molar-refractivity contribution in [2.45, 2.75) is 44.6 Å². The third-order valence-electron chi connectivity index (χ3n) is 5.31. The standard InChI is InChI=1S/C20H28N4O3/c25-18(23-20(27)22-17-8-4-5-9-17)14-24-12-10-15(11-13-24)19(26)21-16-6-2-1-3-7-16/h1-3,6-7,15,17H,4-5,8-14H2,(H,21,26)(H2,22,23,25,27). The van der Waals surface area contributed by atoms with E-state index in [1.54, 1.807) is 0 Å². The van der Waals surface area contributed by atoms with Crippen molar-refractivity contribution in [3.8, 4) is 0 Å². The highest BCUT2D eigenvalue weighted by Crippen LogP contribution is 2.19. The number of piperidine rings is 1. The van der Waals surface area contributed by atoms with Gasteiger partial charge in [-0.05, 0) is 50.9 Å². The van der Waals surface area contributed by atoms with E-state index in [9.17, 15) is 14.4 Å². The van der Waals surface area contributed by atoms with Crippen molar-refractivity contribution in [3.63, 3.8) is 0 Å². The molecular weight excluding hydrogens is 344 g/mol. The quantitative estimate of drug-likeness (QED) is 0.738. The zero-order valence-electron chi connectivity index (χ0n) is 15.6. The third-order valence-corrected chi connectivity index (χ3v) is 5.31. The van der Waals surface area contributed by atoms with Crippen LogP contribution in [0.3, 0.4) is 0 Å². The van der Waals surface area contributed by atoms with Crippen molar-refractivity contribution in [1.29, 1.82) is 0 Å². The van der Waals surface area contributed by atoms with Crippen molar-refractivity contribution < 1.29 is 14.4 Å². The predicted octanol–water partition coefficient (Wildman–Crippen LogP) is 2.11. The molecule has 0 atom stereocenters. The van der Waals surface area contributed by atoms with Crippen LogP contribution in [0, 0.1) is 5.92 Å². The zero-order chi connectivity index (χ0) is 19.1. The Hall–Kier alpha value is -2.41. The van der Waals surface area contributed by atoms with Gasteiger partial charge >= 0.3 is 6.03 Å². The van der Waals surface area contributed by atoms with E-state index in [4.69, 9.17) is 0 Å². The fraction of sp³-hybridized carbons (Fsp3) is 0.550. The number of anilines is 1. The van der Waals surface area contributed by atoms with E-state index in [2.05, 4.69) is 16.0 Å². The van der Waals surface area contributed by atoms with E-state index >= 15 is 0 Å². The fourth-order valence-corrected chi connectivity index (χ4v) is 3.78. The van der Waals surface area contributed by atoms with E-state index in [-0.39, 0.29) is 30.3 Å². The zero-order valence-corrected chi connectivity index (χ0v) is 15.6. The number of rotatable bonds is 5. The number of benzene rings is 1. The molecule has 1 aromatic rings. The molecule has 3 N–H and O–H groups in total. The maximum atomic E-state index is 12.3. The Bertz CT molecular complexity index is 650. The van der Waals surface area contributed by atoms with Crippen LogP contribution in [0.2, 0.25) is 0 Å². The molecule has 27 heavy (non-hydrogen) atoms. The molecule has 1 aromatic carbocycles. The van der Waals surface area contributed by atoms with E-state index in [0.29, 0.717) is 25.9 Å². The second-order valence-corrected chi connectivity index (χ2v) is 7.41. The summed E-state index contributed by atoms with van der Waals surface area (Å²) in [5.41, 5.74) is 0.803. The Morgan fingerprint density at radius 3 is 2.30 bits per heavy atom. The minimum Gasteiger partial charge on any atom is -0.335 e. The third kappa shape index (κ3) is 6.06. The molecule has 7 heteroatoms. The van der Waals surface area contributed by atoms with Crippen LogP contribution in [-0.2, 0) is 9.59 Å². The van der Waals surface area contributed by atoms with Crippen molar-refractivity contribution in [3.05, 3.63) is 30.3 Å². The molecule has 2 aliphatic rings. The summed E-state index contributed by atoms with van der Waals surface area (Å²) >= 11 is 0. The van der Waals surface area contributed by atoms with Gasteiger partial charge in [-0.25, -0.2) is 4.79 Å². The van der Waals surface area contributed by atoms with Crippen LogP contribution in [0.1, 0.15) is 38.5 Å². The Morgan fingerprint density at radius 1 is 0.963 bits per heavy atom.